The first-order valence-corrected chi connectivity index (χ1v) is 14.3. The highest BCUT2D eigenvalue weighted by atomic mass is 79.9. The van der Waals surface area contributed by atoms with Crippen LogP contribution in [0.3, 0.4) is 0 Å². The fourth-order valence-corrected chi connectivity index (χ4v) is 4.65. The van der Waals surface area contributed by atoms with Crippen molar-refractivity contribution in [3.63, 3.8) is 0 Å². The number of halogens is 3. The highest BCUT2D eigenvalue weighted by Gasteiger charge is 2.25. The maximum absolute atomic E-state index is 13.2. The first-order chi connectivity index (χ1) is 20.1. The van der Waals surface area contributed by atoms with Crippen molar-refractivity contribution in [2.75, 3.05) is 13.2 Å². The van der Waals surface area contributed by atoms with Crippen molar-refractivity contribution >= 4 is 63.1 Å². The van der Waals surface area contributed by atoms with Crippen molar-refractivity contribution < 1.29 is 28.6 Å². The van der Waals surface area contributed by atoms with Gasteiger partial charge in [0.1, 0.15) is 11.8 Å². The van der Waals surface area contributed by atoms with Gasteiger partial charge in [0.25, 0.3) is 17.7 Å². The quantitative estimate of drug-likeness (QED) is 0.167. The average Bonchev–Trinajstić information content (AvgIpc) is 2.94. The molecule has 3 aromatic carbocycles. The van der Waals surface area contributed by atoms with Crippen LogP contribution in [0.15, 0.2) is 70.2 Å². The molecule has 0 aromatic heterocycles. The first-order valence-electron chi connectivity index (χ1n) is 12.7. The van der Waals surface area contributed by atoms with Gasteiger partial charge in [-0.15, -0.1) is 0 Å². The molecule has 0 fully saturated rings. The monoisotopic (exact) mass is 678 g/mol. The van der Waals surface area contributed by atoms with Crippen LogP contribution in [0.5, 0.6) is 17.2 Å². The van der Waals surface area contributed by atoms with Gasteiger partial charge < -0.3 is 25.3 Å². The summed E-state index contributed by atoms with van der Waals surface area (Å²) in [6, 6.07) is 16.2. The predicted molar refractivity (Wildman–Crippen MR) is 164 cm³/mol. The molecule has 3 aromatic rings. The summed E-state index contributed by atoms with van der Waals surface area (Å²) in [5.74, 6) is -0.780. The van der Waals surface area contributed by atoms with Crippen molar-refractivity contribution in [3.8, 4) is 17.2 Å². The number of hydrogen-bond acceptors (Lipinski definition) is 7. The van der Waals surface area contributed by atoms with Crippen molar-refractivity contribution in [3.05, 3.63) is 86.3 Å². The highest BCUT2D eigenvalue weighted by Crippen LogP contribution is 2.36. The van der Waals surface area contributed by atoms with Gasteiger partial charge in [0.2, 0.25) is 0 Å². The van der Waals surface area contributed by atoms with E-state index in [-0.39, 0.29) is 23.8 Å². The lowest BCUT2D eigenvalue weighted by Gasteiger charge is -2.21. The number of carbonyl (C=O) groups excluding carboxylic acids is 3. The Bertz CT molecular complexity index is 1440. The number of ether oxygens (including phenoxy) is 3. The summed E-state index contributed by atoms with van der Waals surface area (Å²) >= 11 is 15.5. The maximum atomic E-state index is 13.2. The smallest absolute Gasteiger partial charge is 0.262 e. The zero-order valence-corrected chi connectivity index (χ0v) is 25.8. The van der Waals surface area contributed by atoms with Crippen molar-refractivity contribution in [2.24, 2.45) is 10.8 Å². The fourth-order valence-electron chi connectivity index (χ4n) is 3.62. The summed E-state index contributed by atoms with van der Waals surface area (Å²) in [4.78, 5) is 37.3. The molecule has 42 heavy (non-hydrogen) atoms. The molecule has 13 heteroatoms. The summed E-state index contributed by atoms with van der Waals surface area (Å²) in [6.07, 6.45) is 0.635. The van der Waals surface area contributed by atoms with E-state index in [2.05, 4.69) is 31.8 Å². The molecule has 0 heterocycles. The number of rotatable bonds is 14. The minimum atomic E-state index is -0.973. The lowest BCUT2D eigenvalue weighted by Crippen LogP contribution is -2.50. The average molecular weight is 680 g/mol. The third-order valence-electron chi connectivity index (χ3n) is 5.56. The van der Waals surface area contributed by atoms with Crippen molar-refractivity contribution in [1.82, 2.24) is 10.7 Å². The van der Waals surface area contributed by atoms with Gasteiger partial charge in [-0.05, 0) is 71.2 Å². The normalized spacial score (nSPS) is 12.3. The fraction of sp³-hybridized carbons (Fsp3) is 0.241. The van der Waals surface area contributed by atoms with E-state index in [1.54, 1.807) is 38.1 Å². The molecule has 0 radical (unpaired) electrons. The molecular formula is C29H29BrCl2N4O6. The van der Waals surface area contributed by atoms with Gasteiger partial charge in [-0.1, -0.05) is 53.5 Å². The van der Waals surface area contributed by atoms with E-state index in [9.17, 15) is 14.4 Å². The number of carbonyl (C=O) groups is 3. The summed E-state index contributed by atoms with van der Waals surface area (Å²) < 4.78 is 17.3. The van der Waals surface area contributed by atoms with Crippen LogP contribution in [0.4, 0.5) is 0 Å². The second-order valence-corrected chi connectivity index (χ2v) is 10.5. The summed E-state index contributed by atoms with van der Waals surface area (Å²) in [5.41, 5.74) is 9.04. The molecule has 222 valence electrons. The van der Waals surface area contributed by atoms with Crippen LogP contribution < -0.4 is 30.7 Å². The largest absolute Gasteiger partial charge is 0.490 e. The Morgan fingerprint density at radius 2 is 1.76 bits per heavy atom. The maximum Gasteiger partial charge on any atom is 0.262 e. The van der Waals surface area contributed by atoms with E-state index in [0.717, 1.165) is 5.56 Å². The zero-order valence-electron chi connectivity index (χ0n) is 22.7. The molecule has 0 spiro atoms. The molecular weight excluding hydrogens is 651 g/mol. The Hall–Kier alpha value is -3.80. The molecule has 10 nitrogen and oxygen atoms in total. The van der Waals surface area contributed by atoms with E-state index >= 15 is 0 Å². The van der Waals surface area contributed by atoms with E-state index in [0.29, 0.717) is 33.2 Å². The molecule has 0 saturated carbocycles. The lowest BCUT2D eigenvalue weighted by molar-refractivity contribution is -0.132. The molecule has 0 aliphatic heterocycles. The van der Waals surface area contributed by atoms with E-state index in [4.69, 9.17) is 43.1 Å². The Balaban J connectivity index is 1.73. The Kier molecular flexibility index (Phi) is 12.5. The molecule has 0 aliphatic carbocycles. The highest BCUT2D eigenvalue weighted by molar-refractivity contribution is 9.10. The molecule has 3 amide bonds. The molecule has 2 atom stereocenters. The van der Waals surface area contributed by atoms with Crippen LogP contribution in [0.2, 0.25) is 10.0 Å². The Morgan fingerprint density at radius 1 is 1.02 bits per heavy atom. The lowest BCUT2D eigenvalue weighted by atomic mass is 10.1. The number of primary amides is 1. The van der Waals surface area contributed by atoms with Crippen LogP contribution in [0, 0.1) is 0 Å². The summed E-state index contributed by atoms with van der Waals surface area (Å²) in [6.45, 7) is 3.35. The minimum absolute atomic E-state index is 0.203. The van der Waals surface area contributed by atoms with E-state index in [1.807, 2.05) is 30.3 Å². The van der Waals surface area contributed by atoms with Gasteiger partial charge >= 0.3 is 0 Å². The second kappa shape index (κ2) is 16.0. The molecule has 0 saturated heterocycles. The standard InChI is InChI=1S/C29H29BrCl2N4O6/c1-3-40-25-13-19(11-21(30)27(25)41-16-26(33)37)15-34-36-29(39)23(12-18-7-5-4-6-8-18)35-28(38)17(2)42-24-10-9-20(31)14-22(24)32/h4-11,13-15,17,23H,3,12,16H2,1-2H3,(H2,33,37)(H,35,38)(H,36,39)/b34-15-/t17-,23+/m0/s1. The SMILES string of the molecule is CCOc1cc(/C=N\NC(=O)[C@@H](Cc2ccccc2)NC(=O)[C@H](C)Oc2ccc(Cl)cc2Cl)cc(Br)c1OCC(N)=O. The molecule has 4 N–H and O–H groups in total. The van der Waals surface area contributed by atoms with Crippen LogP contribution in [0.1, 0.15) is 25.0 Å². The van der Waals surface area contributed by atoms with Gasteiger partial charge in [0.05, 0.1) is 22.3 Å². The van der Waals surface area contributed by atoms with Crippen molar-refractivity contribution in [1.29, 1.82) is 0 Å². The molecule has 0 bridgehead atoms. The summed E-state index contributed by atoms with van der Waals surface area (Å²) in [7, 11) is 0. The number of hydrazone groups is 1. The Labute approximate surface area is 261 Å². The van der Waals surface area contributed by atoms with Crippen molar-refractivity contribution in [2.45, 2.75) is 32.4 Å². The Morgan fingerprint density at radius 3 is 2.43 bits per heavy atom. The predicted octanol–water partition coefficient (Wildman–Crippen LogP) is 4.66. The van der Waals surface area contributed by atoms with Gasteiger partial charge in [0, 0.05) is 11.4 Å². The van der Waals surface area contributed by atoms with Crippen LogP contribution in [0.25, 0.3) is 0 Å². The number of amides is 3. The van der Waals surface area contributed by atoms with E-state index < -0.39 is 29.9 Å². The molecule has 0 aliphatic rings. The van der Waals surface area contributed by atoms with Crippen LogP contribution >= 0.6 is 39.1 Å². The third-order valence-corrected chi connectivity index (χ3v) is 6.68. The summed E-state index contributed by atoms with van der Waals surface area (Å²) in [5, 5.41) is 7.47. The number of benzene rings is 3. The molecule has 0 unspecified atom stereocenters. The van der Waals surface area contributed by atoms with Crippen LogP contribution in [-0.2, 0) is 20.8 Å². The van der Waals surface area contributed by atoms with Gasteiger partial charge in [-0.3, -0.25) is 14.4 Å². The molecule has 3 rings (SSSR count). The third kappa shape index (κ3) is 9.93. The number of nitrogens with zero attached hydrogens (tertiary/aromatic N) is 1. The number of hydrogen-bond donors (Lipinski definition) is 3. The second-order valence-electron chi connectivity index (χ2n) is 8.84. The number of nitrogens with two attached hydrogens (primary N) is 1. The van der Waals surface area contributed by atoms with Gasteiger partial charge in [-0.2, -0.15) is 5.10 Å². The number of nitrogens with one attached hydrogen (secondary N) is 2. The minimum Gasteiger partial charge on any atom is -0.490 e. The van der Waals surface area contributed by atoms with Gasteiger partial charge in [-0.25, -0.2) is 5.43 Å². The zero-order chi connectivity index (χ0) is 30.6. The first kappa shape index (κ1) is 32.7. The van der Waals surface area contributed by atoms with Crippen LogP contribution in [-0.4, -0.2) is 49.3 Å². The topological polar surface area (TPSA) is 141 Å². The van der Waals surface area contributed by atoms with E-state index in [1.165, 1.54) is 12.3 Å². The van der Waals surface area contributed by atoms with Gasteiger partial charge in [0.15, 0.2) is 24.2 Å².